The van der Waals surface area contributed by atoms with Crippen LogP contribution in [0.3, 0.4) is 0 Å². The second-order valence-corrected chi connectivity index (χ2v) is 4.24. The van der Waals surface area contributed by atoms with Gasteiger partial charge in [-0.15, -0.1) is 0 Å². The number of nitrogens with one attached hydrogen (secondary N) is 1. The van der Waals surface area contributed by atoms with Gasteiger partial charge in [0.05, 0.1) is 11.2 Å². The van der Waals surface area contributed by atoms with E-state index in [0.717, 1.165) is 10.9 Å². The van der Waals surface area contributed by atoms with Gasteiger partial charge in [-0.1, -0.05) is 18.2 Å². The largest absolute Gasteiger partial charge is 0.405 e. The first-order valence-electron chi connectivity index (χ1n) is 5.94. The number of hydrazine groups is 1. The van der Waals surface area contributed by atoms with E-state index in [2.05, 4.69) is 5.10 Å². The monoisotopic (exact) mass is 272 g/mol. The fourth-order valence-electron chi connectivity index (χ4n) is 2.05. The van der Waals surface area contributed by atoms with E-state index in [9.17, 15) is 13.2 Å². The molecule has 1 atom stereocenters. The Morgan fingerprint density at radius 3 is 2.63 bits per heavy atom. The van der Waals surface area contributed by atoms with Gasteiger partial charge in [-0.2, -0.15) is 18.3 Å². The number of alkyl halides is 3. The highest BCUT2D eigenvalue weighted by Crippen LogP contribution is 2.25. The number of hydrogen-bond donors (Lipinski definition) is 2. The Hall–Kier alpha value is -1.60. The lowest BCUT2D eigenvalue weighted by Crippen LogP contribution is -2.47. The van der Waals surface area contributed by atoms with Crippen LogP contribution in [0.4, 0.5) is 13.2 Å². The Morgan fingerprint density at radius 2 is 2.05 bits per heavy atom. The summed E-state index contributed by atoms with van der Waals surface area (Å²) < 4.78 is 39.8. The summed E-state index contributed by atoms with van der Waals surface area (Å²) in [5.74, 6) is 4.99. The predicted octanol–water partition coefficient (Wildman–Crippen LogP) is 1.99. The van der Waals surface area contributed by atoms with Crippen molar-refractivity contribution in [2.24, 2.45) is 5.84 Å². The molecule has 1 unspecified atom stereocenters. The molecule has 0 aliphatic carbocycles. The first-order chi connectivity index (χ1) is 8.97. The molecule has 0 spiro atoms. The number of aryl methyl sites for hydroxylation is 1. The van der Waals surface area contributed by atoms with Crippen LogP contribution in [0.25, 0.3) is 10.9 Å². The molecule has 0 aliphatic heterocycles. The van der Waals surface area contributed by atoms with Gasteiger partial charge in [0.2, 0.25) is 0 Å². The third kappa shape index (κ3) is 2.71. The second kappa shape index (κ2) is 5.18. The van der Waals surface area contributed by atoms with Gasteiger partial charge in [-0.3, -0.25) is 10.5 Å². The van der Waals surface area contributed by atoms with Crippen molar-refractivity contribution in [1.82, 2.24) is 15.2 Å². The Labute approximate surface area is 108 Å². The van der Waals surface area contributed by atoms with Crippen molar-refractivity contribution in [2.75, 3.05) is 0 Å². The summed E-state index contributed by atoms with van der Waals surface area (Å²) in [6, 6.07) is 5.44. The number of para-hydroxylation sites is 1. The van der Waals surface area contributed by atoms with Gasteiger partial charge in [0.25, 0.3) is 0 Å². The van der Waals surface area contributed by atoms with E-state index in [0.29, 0.717) is 12.2 Å². The lowest BCUT2D eigenvalue weighted by molar-refractivity contribution is -0.155. The van der Waals surface area contributed by atoms with E-state index in [4.69, 9.17) is 5.84 Å². The summed E-state index contributed by atoms with van der Waals surface area (Å²) in [6.07, 6.45) is -4.68. The smallest absolute Gasteiger partial charge is 0.271 e. The van der Waals surface area contributed by atoms with E-state index >= 15 is 0 Å². The number of nitrogens with two attached hydrogens (primary N) is 1. The molecular weight excluding hydrogens is 257 g/mol. The van der Waals surface area contributed by atoms with Gasteiger partial charge in [-0.25, -0.2) is 5.43 Å². The highest BCUT2D eigenvalue weighted by atomic mass is 19.4. The Bertz CT molecular complexity index is 562. The van der Waals surface area contributed by atoms with Crippen LogP contribution in [0.15, 0.2) is 24.3 Å². The normalized spacial score (nSPS) is 13.9. The highest BCUT2D eigenvalue weighted by Gasteiger charge is 2.39. The number of aromatic nitrogens is 2. The zero-order valence-corrected chi connectivity index (χ0v) is 10.4. The molecule has 1 heterocycles. The van der Waals surface area contributed by atoms with Crippen LogP contribution in [-0.4, -0.2) is 22.0 Å². The van der Waals surface area contributed by atoms with Crippen LogP contribution in [0.5, 0.6) is 0 Å². The molecule has 19 heavy (non-hydrogen) atoms. The van der Waals surface area contributed by atoms with Crippen molar-refractivity contribution >= 4 is 10.9 Å². The molecule has 3 N–H and O–H groups in total. The third-order valence-corrected chi connectivity index (χ3v) is 3.03. The molecule has 0 amide bonds. The van der Waals surface area contributed by atoms with E-state index in [1.807, 2.05) is 24.5 Å². The number of rotatable bonds is 4. The van der Waals surface area contributed by atoms with Crippen molar-refractivity contribution in [1.29, 1.82) is 0 Å². The summed E-state index contributed by atoms with van der Waals surface area (Å²) in [5, 5.41) is 4.96. The van der Waals surface area contributed by atoms with Crippen molar-refractivity contribution in [3.63, 3.8) is 0 Å². The molecule has 1 aromatic carbocycles. The van der Waals surface area contributed by atoms with Gasteiger partial charge in [0.1, 0.15) is 6.04 Å². The average Bonchev–Trinajstić information content (AvgIpc) is 2.73. The van der Waals surface area contributed by atoms with E-state index in [1.54, 1.807) is 16.8 Å². The number of fused-ring (bicyclic) bond motifs is 1. The summed E-state index contributed by atoms with van der Waals surface area (Å²) >= 11 is 0. The summed E-state index contributed by atoms with van der Waals surface area (Å²) in [7, 11) is 0. The molecular formula is C12H15F3N4. The summed E-state index contributed by atoms with van der Waals surface area (Å²) in [6.45, 7) is 2.50. The lowest BCUT2D eigenvalue weighted by Gasteiger charge is -2.18. The zero-order valence-electron chi connectivity index (χ0n) is 10.4. The fourth-order valence-corrected chi connectivity index (χ4v) is 2.05. The van der Waals surface area contributed by atoms with E-state index < -0.39 is 12.2 Å². The first kappa shape index (κ1) is 13.8. The molecule has 0 saturated carbocycles. The second-order valence-electron chi connectivity index (χ2n) is 4.24. The first-order valence-corrected chi connectivity index (χ1v) is 5.94. The van der Waals surface area contributed by atoms with Gasteiger partial charge in [0.15, 0.2) is 0 Å². The predicted molar refractivity (Wildman–Crippen MR) is 66.3 cm³/mol. The van der Waals surface area contributed by atoms with Crippen LogP contribution in [-0.2, 0) is 13.0 Å². The van der Waals surface area contributed by atoms with Crippen molar-refractivity contribution in [2.45, 2.75) is 32.1 Å². The maximum absolute atomic E-state index is 12.7. The van der Waals surface area contributed by atoms with Crippen molar-refractivity contribution in [3.05, 3.63) is 30.0 Å². The maximum atomic E-state index is 12.7. The summed E-state index contributed by atoms with van der Waals surface area (Å²) in [5.41, 5.74) is 3.04. The third-order valence-electron chi connectivity index (χ3n) is 3.03. The fraction of sp³-hybridized carbons (Fsp3) is 0.417. The minimum Gasteiger partial charge on any atom is -0.271 e. The highest BCUT2D eigenvalue weighted by molar-refractivity contribution is 5.82. The lowest BCUT2D eigenvalue weighted by atomic mass is 10.1. The van der Waals surface area contributed by atoms with Crippen LogP contribution in [0.2, 0.25) is 0 Å². The molecule has 0 saturated heterocycles. The zero-order chi connectivity index (χ0) is 14.0. The van der Waals surface area contributed by atoms with E-state index in [1.165, 1.54) is 0 Å². The van der Waals surface area contributed by atoms with Gasteiger partial charge in [0, 0.05) is 18.4 Å². The van der Waals surface area contributed by atoms with Gasteiger partial charge in [-0.05, 0) is 13.0 Å². The molecule has 7 heteroatoms. The number of nitrogens with zero attached hydrogens (tertiary/aromatic N) is 2. The van der Waals surface area contributed by atoms with Crippen LogP contribution < -0.4 is 11.3 Å². The minimum absolute atomic E-state index is 0.284. The number of benzene rings is 1. The SMILES string of the molecule is CCn1nc(CC(NN)C(F)(F)F)c2ccccc21. The van der Waals surface area contributed by atoms with Gasteiger partial charge >= 0.3 is 6.18 Å². The molecule has 2 aromatic rings. The Kier molecular flexibility index (Phi) is 3.77. The molecule has 4 nitrogen and oxygen atoms in total. The molecule has 104 valence electrons. The number of hydrogen-bond acceptors (Lipinski definition) is 3. The Balaban J connectivity index is 2.40. The van der Waals surface area contributed by atoms with Crippen LogP contribution in [0.1, 0.15) is 12.6 Å². The van der Waals surface area contributed by atoms with Crippen LogP contribution >= 0.6 is 0 Å². The standard InChI is InChI=1S/C12H15F3N4/c1-2-19-10-6-4-3-5-8(10)9(18-19)7-11(17-16)12(13,14)15/h3-6,11,17H,2,7,16H2,1H3. The van der Waals surface area contributed by atoms with Crippen molar-refractivity contribution in [3.8, 4) is 0 Å². The maximum Gasteiger partial charge on any atom is 0.405 e. The average molecular weight is 272 g/mol. The molecule has 2 rings (SSSR count). The summed E-state index contributed by atoms with van der Waals surface area (Å²) in [4.78, 5) is 0. The van der Waals surface area contributed by atoms with E-state index in [-0.39, 0.29) is 6.42 Å². The molecule has 1 aromatic heterocycles. The quantitative estimate of drug-likeness (QED) is 0.661. The Morgan fingerprint density at radius 1 is 1.37 bits per heavy atom. The van der Waals surface area contributed by atoms with Crippen LogP contribution in [0, 0.1) is 0 Å². The molecule has 0 bridgehead atoms. The number of halogens is 3. The molecule has 0 radical (unpaired) electrons. The minimum atomic E-state index is -4.40. The topological polar surface area (TPSA) is 55.9 Å². The van der Waals surface area contributed by atoms with Crippen molar-refractivity contribution < 1.29 is 13.2 Å². The molecule has 0 fully saturated rings. The van der Waals surface area contributed by atoms with Gasteiger partial charge < -0.3 is 0 Å². The molecule has 0 aliphatic rings.